The van der Waals surface area contributed by atoms with Crippen LogP contribution in [0.15, 0.2) is 48.5 Å². The van der Waals surface area contributed by atoms with Gasteiger partial charge in [-0.2, -0.15) is 0 Å². The predicted octanol–water partition coefficient (Wildman–Crippen LogP) is 3.88. The van der Waals surface area contributed by atoms with Crippen molar-refractivity contribution >= 4 is 5.91 Å². The third kappa shape index (κ3) is 4.56. The monoisotopic (exact) mass is 378 g/mol. The molecular formula is C24H30N2O2. The summed E-state index contributed by atoms with van der Waals surface area (Å²) in [5, 5.41) is 0. The van der Waals surface area contributed by atoms with Gasteiger partial charge in [0.15, 0.2) is 0 Å². The highest BCUT2D eigenvalue weighted by atomic mass is 16.5. The van der Waals surface area contributed by atoms with E-state index in [0.29, 0.717) is 18.2 Å². The van der Waals surface area contributed by atoms with E-state index in [1.807, 2.05) is 6.07 Å². The van der Waals surface area contributed by atoms with Gasteiger partial charge in [-0.3, -0.25) is 9.69 Å². The molecule has 0 spiro atoms. The molecule has 0 saturated carbocycles. The van der Waals surface area contributed by atoms with E-state index in [0.717, 1.165) is 57.7 Å². The smallest absolute Gasteiger partial charge is 0.223 e. The molecular weight excluding hydrogens is 348 g/mol. The Kier molecular flexibility index (Phi) is 5.96. The van der Waals surface area contributed by atoms with Crippen LogP contribution in [-0.2, 0) is 24.3 Å². The molecule has 0 radical (unpaired) electrons. The van der Waals surface area contributed by atoms with Crippen LogP contribution in [0, 0.1) is 5.92 Å². The van der Waals surface area contributed by atoms with Crippen molar-refractivity contribution < 1.29 is 9.53 Å². The van der Waals surface area contributed by atoms with Crippen LogP contribution in [0.1, 0.15) is 36.0 Å². The van der Waals surface area contributed by atoms with Crippen molar-refractivity contribution in [2.75, 3.05) is 26.7 Å². The Hall–Kier alpha value is -2.33. The lowest BCUT2D eigenvalue weighted by Gasteiger charge is -2.34. The normalized spacial score (nSPS) is 18.0. The second-order valence-electron chi connectivity index (χ2n) is 8.11. The first-order chi connectivity index (χ1) is 13.7. The minimum Gasteiger partial charge on any atom is -0.497 e. The largest absolute Gasteiger partial charge is 0.497 e. The second-order valence-corrected chi connectivity index (χ2v) is 8.11. The molecule has 2 aliphatic heterocycles. The molecule has 0 aliphatic carbocycles. The highest BCUT2D eigenvalue weighted by Gasteiger charge is 2.26. The molecule has 0 aromatic heterocycles. The SMILES string of the molecule is COc1cccc(CN2CCC(CC(=O)N3CCc4ccccc4C3)CC2)c1. The van der Waals surface area contributed by atoms with Crippen molar-refractivity contribution in [3.63, 3.8) is 0 Å². The van der Waals surface area contributed by atoms with Gasteiger partial charge in [0.2, 0.25) is 5.91 Å². The van der Waals surface area contributed by atoms with Crippen molar-refractivity contribution in [2.24, 2.45) is 5.92 Å². The van der Waals surface area contributed by atoms with E-state index >= 15 is 0 Å². The molecule has 4 nitrogen and oxygen atoms in total. The third-order valence-corrected chi connectivity index (χ3v) is 6.19. The molecule has 0 N–H and O–H groups in total. The minimum atomic E-state index is 0.334. The number of ether oxygens (including phenoxy) is 1. The highest BCUT2D eigenvalue weighted by Crippen LogP contribution is 2.25. The van der Waals surface area contributed by atoms with Gasteiger partial charge >= 0.3 is 0 Å². The summed E-state index contributed by atoms with van der Waals surface area (Å²) >= 11 is 0. The fraction of sp³-hybridized carbons (Fsp3) is 0.458. The topological polar surface area (TPSA) is 32.8 Å². The van der Waals surface area contributed by atoms with E-state index in [1.54, 1.807) is 7.11 Å². The first-order valence-electron chi connectivity index (χ1n) is 10.4. The summed E-state index contributed by atoms with van der Waals surface area (Å²) in [5.74, 6) is 1.77. The van der Waals surface area contributed by atoms with Crippen LogP contribution < -0.4 is 4.74 Å². The summed E-state index contributed by atoms with van der Waals surface area (Å²) in [5.41, 5.74) is 4.01. The molecule has 4 rings (SSSR count). The molecule has 2 aliphatic rings. The molecule has 28 heavy (non-hydrogen) atoms. The number of benzene rings is 2. The summed E-state index contributed by atoms with van der Waals surface area (Å²) in [4.78, 5) is 17.4. The van der Waals surface area contributed by atoms with E-state index in [4.69, 9.17) is 4.74 Å². The fourth-order valence-electron chi connectivity index (χ4n) is 4.46. The predicted molar refractivity (Wildman–Crippen MR) is 111 cm³/mol. The molecule has 2 heterocycles. The Labute approximate surface area is 168 Å². The third-order valence-electron chi connectivity index (χ3n) is 6.19. The maximum atomic E-state index is 12.8. The molecule has 1 saturated heterocycles. The Morgan fingerprint density at radius 2 is 1.82 bits per heavy atom. The number of nitrogens with zero attached hydrogens (tertiary/aromatic N) is 2. The number of amides is 1. The van der Waals surface area contributed by atoms with Crippen LogP contribution >= 0.6 is 0 Å². The first kappa shape index (κ1) is 19.0. The van der Waals surface area contributed by atoms with Gasteiger partial charge < -0.3 is 9.64 Å². The molecule has 0 bridgehead atoms. The van der Waals surface area contributed by atoms with Gasteiger partial charge in [0.25, 0.3) is 0 Å². The Balaban J connectivity index is 1.25. The molecule has 2 aromatic carbocycles. The number of likely N-dealkylation sites (tertiary alicyclic amines) is 1. The number of carbonyl (C=O) groups excluding carboxylic acids is 1. The van der Waals surface area contributed by atoms with Crippen LogP contribution in [0.3, 0.4) is 0 Å². The van der Waals surface area contributed by atoms with Gasteiger partial charge in [0.05, 0.1) is 7.11 Å². The molecule has 0 atom stereocenters. The van der Waals surface area contributed by atoms with E-state index in [-0.39, 0.29) is 0 Å². The van der Waals surface area contributed by atoms with E-state index < -0.39 is 0 Å². The van der Waals surface area contributed by atoms with E-state index in [1.165, 1.54) is 16.7 Å². The molecule has 1 fully saturated rings. The Morgan fingerprint density at radius 1 is 1.04 bits per heavy atom. The number of piperidine rings is 1. The van der Waals surface area contributed by atoms with Gasteiger partial charge in [-0.05, 0) is 67.1 Å². The lowest BCUT2D eigenvalue weighted by Crippen LogP contribution is -2.39. The van der Waals surface area contributed by atoms with Gasteiger partial charge in [0, 0.05) is 26.1 Å². The maximum Gasteiger partial charge on any atom is 0.223 e. The van der Waals surface area contributed by atoms with E-state index in [9.17, 15) is 4.79 Å². The van der Waals surface area contributed by atoms with Crippen LogP contribution in [0.2, 0.25) is 0 Å². The van der Waals surface area contributed by atoms with Gasteiger partial charge in [-0.15, -0.1) is 0 Å². The molecule has 2 aromatic rings. The number of methoxy groups -OCH3 is 1. The zero-order valence-electron chi connectivity index (χ0n) is 16.8. The Morgan fingerprint density at radius 3 is 2.61 bits per heavy atom. The number of rotatable bonds is 5. The average Bonchev–Trinajstić information content (AvgIpc) is 2.75. The van der Waals surface area contributed by atoms with E-state index in [2.05, 4.69) is 52.3 Å². The summed E-state index contributed by atoms with van der Waals surface area (Å²) in [6.45, 7) is 4.74. The van der Waals surface area contributed by atoms with Gasteiger partial charge in [-0.25, -0.2) is 0 Å². The van der Waals surface area contributed by atoms with Gasteiger partial charge in [0.1, 0.15) is 5.75 Å². The Bertz CT molecular complexity index is 812. The summed E-state index contributed by atoms with van der Waals surface area (Å²) in [7, 11) is 1.71. The van der Waals surface area contributed by atoms with Crippen LogP contribution in [0.4, 0.5) is 0 Å². The maximum absolute atomic E-state index is 12.8. The number of fused-ring (bicyclic) bond motifs is 1. The van der Waals surface area contributed by atoms with Gasteiger partial charge in [-0.1, -0.05) is 36.4 Å². The quantitative estimate of drug-likeness (QED) is 0.791. The van der Waals surface area contributed by atoms with Crippen molar-refractivity contribution in [1.82, 2.24) is 9.80 Å². The lowest BCUT2D eigenvalue weighted by atomic mass is 9.92. The summed E-state index contributed by atoms with van der Waals surface area (Å²) in [6.07, 6.45) is 3.91. The zero-order valence-corrected chi connectivity index (χ0v) is 16.8. The number of hydrogen-bond acceptors (Lipinski definition) is 3. The first-order valence-corrected chi connectivity index (χ1v) is 10.4. The average molecular weight is 379 g/mol. The minimum absolute atomic E-state index is 0.334. The zero-order chi connectivity index (χ0) is 19.3. The number of hydrogen-bond donors (Lipinski definition) is 0. The lowest BCUT2D eigenvalue weighted by molar-refractivity contribution is -0.133. The summed E-state index contributed by atoms with van der Waals surface area (Å²) < 4.78 is 5.32. The van der Waals surface area contributed by atoms with Crippen LogP contribution in [0.5, 0.6) is 5.75 Å². The van der Waals surface area contributed by atoms with Crippen molar-refractivity contribution in [3.8, 4) is 5.75 Å². The standard InChI is InChI=1S/C24H30N2O2/c1-28-23-8-4-5-20(15-23)17-25-12-9-19(10-13-25)16-24(27)26-14-11-21-6-2-3-7-22(21)18-26/h2-8,15,19H,9-14,16-18H2,1H3. The molecule has 1 amide bonds. The molecule has 0 unspecified atom stereocenters. The van der Waals surface area contributed by atoms with Crippen molar-refractivity contribution in [1.29, 1.82) is 0 Å². The molecule has 148 valence electrons. The number of carbonyl (C=O) groups is 1. The second kappa shape index (κ2) is 8.78. The summed E-state index contributed by atoms with van der Waals surface area (Å²) in [6, 6.07) is 16.8. The fourth-order valence-corrected chi connectivity index (χ4v) is 4.46. The van der Waals surface area contributed by atoms with Crippen LogP contribution in [-0.4, -0.2) is 42.5 Å². The highest BCUT2D eigenvalue weighted by molar-refractivity contribution is 5.76. The van der Waals surface area contributed by atoms with Crippen LogP contribution in [0.25, 0.3) is 0 Å². The molecule has 4 heteroatoms. The van der Waals surface area contributed by atoms with Crippen molar-refractivity contribution in [3.05, 3.63) is 65.2 Å². The van der Waals surface area contributed by atoms with Crippen molar-refractivity contribution in [2.45, 2.75) is 38.8 Å².